The van der Waals surface area contributed by atoms with Crippen molar-refractivity contribution in [3.8, 4) is 17.6 Å². The number of aromatic carboxylic acids is 1. The molecule has 1 N–H and O–H groups in total. The van der Waals surface area contributed by atoms with E-state index >= 15 is 0 Å². The van der Waals surface area contributed by atoms with Crippen LogP contribution in [-0.2, 0) is 11.8 Å². The molecule has 0 radical (unpaired) electrons. The second kappa shape index (κ2) is 6.60. The van der Waals surface area contributed by atoms with Crippen LogP contribution < -0.4 is 4.74 Å². The Kier molecular flexibility index (Phi) is 4.50. The molecule has 4 heteroatoms. The Bertz CT molecular complexity index is 888. The third-order valence-electron chi connectivity index (χ3n) is 4.57. The summed E-state index contributed by atoms with van der Waals surface area (Å²) in [7, 11) is 0. The molecule has 2 aromatic rings. The molecule has 4 nitrogen and oxygen atoms in total. The number of pyridine rings is 1. The van der Waals surface area contributed by atoms with Crippen LogP contribution in [0, 0.1) is 11.8 Å². The van der Waals surface area contributed by atoms with Crippen molar-refractivity contribution in [1.29, 1.82) is 0 Å². The minimum absolute atomic E-state index is 0.0715. The molecule has 25 heavy (non-hydrogen) atoms. The highest BCUT2D eigenvalue weighted by Crippen LogP contribution is 2.38. The number of aryl methyl sites for hydroxylation is 1. The van der Waals surface area contributed by atoms with Gasteiger partial charge in [-0.25, -0.2) is 9.78 Å². The molecule has 0 saturated heterocycles. The van der Waals surface area contributed by atoms with Crippen LogP contribution in [0.2, 0.25) is 0 Å². The van der Waals surface area contributed by atoms with Crippen molar-refractivity contribution < 1.29 is 14.6 Å². The Hall–Kier alpha value is -2.80. The first-order valence-corrected chi connectivity index (χ1v) is 8.43. The first kappa shape index (κ1) is 17.0. The highest BCUT2D eigenvalue weighted by molar-refractivity contribution is 5.88. The molecular formula is C21H21NO3. The van der Waals surface area contributed by atoms with Gasteiger partial charge in [0.1, 0.15) is 11.4 Å². The topological polar surface area (TPSA) is 59.4 Å². The predicted molar refractivity (Wildman–Crippen MR) is 96.1 cm³/mol. The average molecular weight is 335 g/mol. The van der Waals surface area contributed by atoms with Crippen LogP contribution in [0.5, 0.6) is 5.75 Å². The van der Waals surface area contributed by atoms with Crippen LogP contribution in [-0.4, -0.2) is 22.7 Å². The van der Waals surface area contributed by atoms with Gasteiger partial charge in [0.25, 0.3) is 0 Å². The van der Waals surface area contributed by atoms with E-state index in [-0.39, 0.29) is 11.0 Å². The summed E-state index contributed by atoms with van der Waals surface area (Å²) >= 11 is 0. The number of ether oxygens (including phenoxy) is 1. The molecule has 0 saturated carbocycles. The molecular weight excluding hydrogens is 314 g/mol. The SMILES string of the molecule is CCc1nc(C#Cc2ccc3c(c2)C(C)(C)CCO3)ccc1C(=O)O. The standard InChI is InChI=1S/C21H21NO3/c1-4-18-16(20(23)24)9-8-15(22-18)7-5-14-6-10-19-17(13-14)21(2,3)11-12-25-19/h6,8-10,13H,4,11-12H2,1-3H3,(H,23,24). The number of hydrogen-bond donors (Lipinski definition) is 1. The highest BCUT2D eigenvalue weighted by Gasteiger charge is 2.28. The van der Waals surface area contributed by atoms with Crippen LogP contribution in [0.4, 0.5) is 0 Å². The van der Waals surface area contributed by atoms with E-state index in [1.54, 1.807) is 12.1 Å². The van der Waals surface area contributed by atoms with Gasteiger partial charge in [0, 0.05) is 11.1 Å². The minimum atomic E-state index is -0.958. The van der Waals surface area contributed by atoms with Gasteiger partial charge >= 0.3 is 5.97 Å². The van der Waals surface area contributed by atoms with Crippen LogP contribution in [0.25, 0.3) is 0 Å². The maximum atomic E-state index is 11.2. The largest absolute Gasteiger partial charge is 0.493 e. The summed E-state index contributed by atoms with van der Waals surface area (Å²) in [6.45, 7) is 7.05. The number of carboxylic acids is 1. The molecule has 0 unspecified atom stereocenters. The Morgan fingerprint density at radius 2 is 2.08 bits per heavy atom. The first-order chi connectivity index (χ1) is 11.9. The zero-order chi connectivity index (χ0) is 18.0. The minimum Gasteiger partial charge on any atom is -0.493 e. The van der Waals surface area contributed by atoms with Gasteiger partial charge in [-0.2, -0.15) is 0 Å². The number of aromatic nitrogens is 1. The van der Waals surface area contributed by atoms with Crippen molar-refractivity contribution in [3.63, 3.8) is 0 Å². The van der Waals surface area contributed by atoms with Gasteiger partial charge in [-0.1, -0.05) is 26.7 Å². The lowest BCUT2D eigenvalue weighted by Gasteiger charge is -2.32. The molecule has 128 valence electrons. The molecule has 0 spiro atoms. The van der Waals surface area contributed by atoms with E-state index in [0.717, 1.165) is 24.3 Å². The summed E-state index contributed by atoms with van der Waals surface area (Å²) in [5, 5.41) is 9.17. The molecule has 0 bridgehead atoms. The fourth-order valence-electron chi connectivity index (χ4n) is 2.98. The molecule has 2 heterocycles. The summed E-state index contributed by atoms with van der Waals surface area (Å²) in [5.74, 6) is 6.15. The summed E-state index contributed by atoms with van der Waals surface area (Å²) in [6, 6.07) is 9.22. The first-order valence-electron chi connectivity index (χ1n) is 8.43. The fraction of sp³-hybridized carbons (Fsp3) is 0.333. The van der Waals surface area contributed by atoms with Crippen molar-refractivity contribution in [1.82, 2.24) is 4.98 Å². The number of carbonyl (C=O) groups is 1. The van der Waals surface area contributed by atoms with Crippen molar-refractivity contribution in [3.05, 3.63) is 58.4 Å². The number of rotatable bonds is 2. The van der Waals surface area contributed by atoms with Gasteiger partial charge in [0.2, 0.25) is 0 Å². The normalized spacial score (nSPS) is 14.7. The van der Waals surface area contributed by atoms with E-state index in [1.165, 1.54) is 5.56 Å². The molecule has 1 aromatic heterocycles. The molecule has 0 aliphatic carbocycles. The maximum absolute atomic E-state index is 11.2. The van der Waals surface area contributed by atoms with Crippen molar-refractivity contribution >= 4 is 5.97 Å². The Morgan fingerprint density at radius 3 is 2.80 bits per heavy atom. The summed E-state index contributed by atoms with van der Waals surface area (Å²) in [4.78, 5) is 15.5. The quantitative estimate of drug-likeness (QED) is 0.848. The second-order valence-electron chi connectivity index (χ2n) is 6.79. The van der Waals surface area contributed by atoms with Crippen molar-refractivity contribution in [2.24, 2.45) is 0 Å². The van der Waals surface area contributed by atoms with Gasteiger partial charge in [0.05, 0.1) is 17.9 Å². The molecule has 0 fully saturated rings. The molecule has 1 aliphatic rings. The van der Waals surface area contributed by atoms with Crippen LogP contribution in [0.15, 0.2) is 30.3 Å². The molecule has 0 atom stereocenters. The number of nitrogens with zero attached hydrogens (tertiary/aromatic N) is 1. The maximum Gasteiger partial charge on any atom is 0.337 e. The summed E-state index contributed by atoms with van der Waals surface area (Å²) in [6.07, 6.45) is 1.54. The summed E-state index contributed by atoms with van der Waals surface area (Å²) in [5.41, 5.74) is 3.52. The smallest absolute Gasteiger partial charge is 0.337 e. The molecule has 0 amide bonds. The van der Waals surface area contributed by atoms with Crippen molar-refractivity contribution in [2.45, 2.75) is 39.0 Å². The molecule has 1 aromatic carbocycles. The lowest BCUT2D eigenvalue weighted by Crippen LogP contribution is -2.26. The van der Waals surface area contributed by atoms with Gasteiger partial charge in [-0.05, 0) is 54.5 Å². The zero-order valence-corrected chi connectivity index (χ0v) is 14.7. The van der Waals surface area contributed by atoms with E-state index in [0.29, 0.717) is 17.8 Å². The predicted octanol–water partition coefficient (Wildman–Crippen LogP) is 3.80. The van der Waals surface area contributed by atoms with E-state index in [2.05, 4.69) is 36.7 Å². The van der Waals surface area contributed by atoms with Gasteiger partial charge in [-0.3, -0.25) is 0 Å². The monoisotopic (exact) mass is 335 g/mol. The number of hydrogen-bond acceptors (Lipinski definition) is 3. The Morgan fingerprint density at radius 1 is 1.28 bits per heavy atom. The second-order valence-corrected chi connectivity index (χ2v) is 6.79. The fourth-order valence-corrected chi connectivity index (χ4v) is 2.98. The lowest BCUT2D eigenvalue weighted by atomic mass is 9.79. The average Bonchev–Trinajstić information content (AvgIpc) is 2.59. The van der Waals surface area contributed by atoms with Crippen LogP contribution in [0.3, 0.4) is 0 Å². The number of fused-ring (bicyclic) bond motifs is 1. The van der Waals surface area contributed by atoms with E-state index in [9.17, 15) is 4.79 Å². The van der Waals surface area contributed by atoms with Crippen LogP contribution in [0.1, 0.15) is 60.1 Å². The third-order valence-corrected chi connectivity index (χ3v) is 4.57. The summed E-state index contributed by atoms with van der Waals surface area (Å²) < 4.78 is 5.73. The Labute approximate surface area is 147 Å². The highest BCUT2D eigenvalue weighted by atomic mass is 16.5. The van der Waals surface area contributed by atoms with Gasteiger partial charge < -0.3 is 9.84 Å². The third kappa shape index (κ3) is 3.51. The molecule has 3 rings (SSSR count). The number of benzene rings is 1. The lowest BCUT2D eigenvalue weighted by molar-refractivity contribution is 0.0695. The van der Waals surface area contributed by atoms with E-state index < -0.39 is 5.97 Å². The van der Waals surface area contributed by atoms with E-state index in [4.69, 9.17) is 9.84 Å². The van der Waals surface area contributed by atoms with E-state index in [1.807, 2.05) is 19.1 Å². The van der Waals surface area contributed by atoms with Gasteiger partial charge in [0.15, 0.2) is 0 Å². The van der Waals surface area contributed by atoms with Crippen molar-refractivity contribution in [2.75, 3.05) is 6.61 Å². The van der Waals surface area contributed by atoms with Crippen LogP contribution >= 0.6 is 0 Å². The van der Waals surface area contributed by atoms with Gasteiger partial charge in [-0.15, -0.1) is 0 Å². The Balaban J connectivity index is 1.93. The molecule has 1 aliphatic heterocycles. The zero-order valence-electron chi connectivity index (χ0n) is 14.7. The number of carboxylic acid groups (broad SMARTS) is 1.